The van der Waals surface area contributed by atoms with Crippen LogP contribution < -0.4 is 0 Å². The number of hydrogen-bond donors (Lipinski definition) is 0. The highest BCUT2D eigenvalue weighted by Crippen LogP contribution is 2.34. The molecular formula is C23H38. The van der Waals surface area contributed by atoms with Gasteiger partial charge in [0.15, 0.2) is 0 Å². The van der Waals surface area contributed by atoms with Crippen LogP contribution in [0, 0.1) is 23.7 Å². The van der Waals surface area contributed by atoms with Gasteiger partial charge in [-0.3, -0.25) is 0 Å². The molecule has 0 aromatic rings. The van der Waals surface area contributed by atoms with Crippen LogP contribution in [-0.2, 0) is 0 Å². The highest BCUT2D eigenvalue weighted by molar-refractivity contribution is 4.95. The van der Waals surface area contributed by atoms with E-state index in [1.165, 1.54) is 77.0 Å². The van der Waals surface area contributed by atoms with E-state index in [0.29, 0.717) is 0 Å². The molecule has 0 aromatic carbocycles. The average Bonchev–Trinajstić information content (AvgIpc) is 2.59. The molecule has 0 nitrogen and oxygen atoms in total. The van der Waals surface area contributed by atoms with E-state index in [9.17, 15) is 0 Å². The molecule has 2 rings (SSSR count). The summed E-state index contributed by atoms with van der Waals surface area (Å²) in [4.78, 5) is 0. The van der Waals surface area contributed by atoms with Crippen molar-refractivity contribution in [1.29, 1.82) is 0 Å². The summed E-state index contributed by atoms with van der Waals surface area (Å²) in [6.07, 6.45) is 28.6. The van der Waals surface area contributed by atoms with Crippen LogP contribution >= 0.6 is 0 Å². The standard InChI is InChI=1S/C23H38/c1-3-5-9-21-16-18-23(19-17-21)11-7-6-10-22-14-12-20(8-4-2)13-15-22/h3-4,6,8,10,20-23H,1,5,7,9,11-19H2,2H3. The van der Waals surface area contributed by atoms with Gasteiger partial charge in [0.25, 0.3) is 0 Å². The summed E-state index contributed by atoms with van der Waals surface area (Å²) in [5.74, 6) is 3.73. The molecule has 2 fully saturated rings. The molecule has 0 N–H and O–H groups in total. The number of rotatable bonds is 8. The van der Waals surface area contributed by atoms with Crippen molar-refractivity contribution in [3.8, 4) is 0 Å². The van der Waals surface area contributed by atoms with E-state index >= 15 is 0 Å². The van der Waals surface area contributed by atoms with Gasteiger partial charge in [-0.25, -0.2) is 0 Å². The summed E-state index contributed by atoms with van der Waals surface area (Å²) in [5, 5.41) is 0. The van der Waals surface area contributed by atoms with Gasteiger partial charge in [-0.2, -0.15) is 0 Å². The van der Waals surface area contributed by atoms with Gasteiger partial charge in [-0.1, -0.05) is 56.1 Å². The van der Waals surface area contributed by atoms with E-state index in [2.05, 4.69) is 43.9 Å². The molecule has 0 heteroatoms. The first kappa shape index (κ1) is 18.6. The molecule has 0 aromatic heterocycles. The van der Waals surface area contributed by atoms with Crippen LogP contribution in [0.3, 0.4) is 0 Å². The fourth-order valence-electron chi connectivity index (χ4n) is 4.59. The third-order valence-corrected chi connectivity index (χ3v) is 6.18. The van der Waals surface area contributed by atoms with Crippen LogP contribution in [0.15, 0.2) is 37.0 Å². The minimum absolute atomic E-state index is 0.862. The summed E-state index contributed by atoms with van der Waals surface area (Å²) < 4.78 is 0. The van der Waals surface area contributed by atoms with Crippen LogP contribution in [0.4, 0.5) is 0 Å². The second-order valence-corrected chi connectivity index (χ2v) is 7.96. The SMILES string of the molecule is C=CCCC1CCC(CCC=CC2CCC(C=CC)CC2)CC1. The predicted octanol–water partition coefficient (Wildman–Crippen LogP) is 7.48. The highest BCUT2D eigenvalue weighted by Gasteiger charge is 2.20. The Morgan fingerprint density at radius 3 is 1.78 bits per heavy atom. The van der Waals surface area contributed by atoms with Crippen molar-refractivity contribution >= 4 is 0 Å². The van der Waals surface area contributed by atoms with E-state index in [1.54, 1.807) is 0 Å². The predicted molar refractivity (Wildman–Crippen MR) is 104 cm³/mol. The van der Waals surface area contributed by atoms with Crippen LogP contribution in [0.5, 0.6) is 0 Å². The molecule has 2 saturated carbocycles. The summed E-state index contributed by atoms with van der Waals surface area (Å²) >= 11 is 0. The molecule has 0 unspecified atom stereocenters. The van der Waals surface area contributed by atoms with Gasteiger partial charge >= 0.3 is 0 Å². The summed E-state index contributed by atoms with van der Waals surface area (Å²) in [5.41, 5.74) is 0. The van der Waals surface area contributed by atoms with Crippen molar-refractivity contribution in [3.05, 3.63) is 37.0 Å². The van der Waals surface area contributed by atoms with E-state index in [4.69, 9.17) is 0 Å². The van der Waals surface area contributed by atoms with Gasteiger partial charge in [-0.15, -0.1) is 6.58 Å². The lowest BCUT2D eigenvalue weighted by Gasteiger charge is -2.28. The van der Waals surface area contributed by atoms with Crippen LogP contribution in [0.2, 0.25) is 0 Å². The quantitative estimate of drug-likeness (QED) is 0.407. The average molecular weight is 315 g/mol. The van der Waals surface area contributed by atoms with Crippen LogP contribution in [0.1, 0.15) is 84.0 Å². The van der Waals surface area contributed by atoms with Crippen molar-refractivity contribution in [3.63, 3.8) is 0 Å². The second kappa shape index (κ2) is 10.9. The molecule has 2 aliphatic carbocycles. The van der Waals surface area contributed by atoms with Crippen molar-refractivity contribution in [1.82, 2.24) is 0 Å². The number of allylic oxidation sites excluding steroid dienone is 5. The fourth-order valence-corrected chi connectivity index (χ4v) is 4.59. The van der Waals surface area contributed by atoms with Crippen LogP contribution in [-0.4, -0.2) is 0 Å². The monoisotopic (exact) mass is 314 g/mol. The van der Waals surface area contributed by atoms with Crippen molar-refractivity contribution in [2.45, 2.75) is 84.0 Å². The van der Waals surface area contributed by atoms with Gasteiger partial charge in [-0.05, 0) is 82.0 Å². The van der Waals surface area contributed by atoms with E-state index < -0.39 is 0 Å². The molecular weight excluding hydrogens is 276 g/mol. The van der Waals surface area contributed by atoms with Gasteiger partial charge in [0.2, 0.25) is 0 Å². The highest BCUT2D eigenvalue weighted by atomic mass is 14.3. The molecule has 0 saturated heterocycles. The van der Waals surface area contributed by atoms with Crippen molar-refractivity contribution in [2.75, 3.05) is 0 Å². The molecule has 23 heavy (non-hydrogen) atoms. The Labute approximate surface area is 145 Å². The maximum atomic E-state index is 3.85. The van der Waals surface area contributed by atoms with E-state index in [1.807, 2.05) is 0 Å². The first-order chi connectivity index (χ1) is 11.3. The zero-order valence-corrected chi connectivity index (χ0v) is 15.4. The normalized spacial score (nSPS) is 32.6. The lowest BCUT2D eigenvalue weighted by molar-refractivity contribution is 0.255. The Kier molecular flexibility index (Phi) is 8.79. The molecule has 2 aliphatic rings. The minimum Gasteiger partial charge on any atom is -0.103 e. The van der Waals surface area contributed by atoms with E-state index in [0.717, 1.165) is 23.7 Å². The summed E-state index contributed by atoms with van der Waals surface area (Å²) in [6.45, 7) is 6.00. The van der Waals surface area contributed by atoms with Crippen LogP contribution in [0.25, 0.3) is 0 Å². The van der Waals surface area contributed by atoms with Gasteiger partial charge in [0.05, 0.1) is 0 Å². The lowest BCUT2D eigenvalue weighted by Crippen LogP contribution is -2.14. The van der Waals surface area contributed by atoms with Gasteiger partial charge in [0, 0.05) is 0 Å². The summed E-state index contributed by atoms with van der Waals surface area (Å²) in [7, 11) is 0. The first-order valence-corrected chi connectivity index (χ1v) is 10.2. The number of hydrogen-bond acceptors (Lipinski definition) is 0. The minimum atomic E-state index is 0.862. The van der Waals surface area contributed by atoms with Crippen molar-refractivity contribution in [2.24, 2.45) is 23.7 Å². The Hall–Kier alpha value is -0.780. The smallest absolute Gasteiger partial charge is 0.0233 e. The summed E-state index contributed by atoms with van der Waals surface area (Å²) in [6, 6.07) is 0. The van der Waals surface area contributed by atoms with Gasteiger partial charge in [0.1, 0.15) is 0 Å². The Balaban J connectivity index is 1.55. The maximum absolute atomic E-state index is 3.85. The molecule has 0 spiro atoms. The van der Waals surface area contributed by atoms with E-state index in [-0.39, 0.29) is 0 Å². The Bertz CT molecular complexity index is 359. The third kappa shape index (κ3) is 7.10. The molecule has 0 radical (unpaired) electrons. The largest absolute Gasteiger partial charge is 0.103 e. The third-order valence-electron chi connectivity index (χ3n) is 6.18. The molecule has 0 amide bonds. The molecule has 0 bridgehead atoms. The second-order valence-electron chi connectivity index (χ2n) is 7.96. The fraction of sp³-hybridized carbons (Fsp3) is 0.739. The lowest BCUT2D eigenvalue weighted by atomic mass is 9.78. The molecule has 0 heterocycles. The maximum Gasteiger partial charge on any atom is -0.0233 e. The molecule has 0 aliphatic heterocycles. The zero-order chi connectivity index (χ0) is 16.3. The Morgan fingerprint density at radius 1 is 0.739 bits per heavy atom. The van der Waals surface area contributed by atoms with Crippen molar-refractivity contribution < 1.29 is 0 Å². The zero-order valence-electron chi connectivity index (χ0n) is 15.4. The van der Waals surface area contributed by atoms with Gasteiger partial charge < -0.3 is 0 Å². The molecule has 0 atom stereocenters. The molecule has 130 valence electrons. The topological polar surface area (TPSA) is 0 Å². The first-order valence-electron chi connectivity index (χ1n) is 10.2. The Morgan fingerprint density at radius 2 is 1.26 bits per heavy atom.